The van der Waals surface area contributed by atoms with Crippen molar-refractivity contribution < 1.29 is 20.1 Å². The van der Waals surface area contributed by atoms with Crippen LogP contribution in [0.3, 0.4) is 0 Å². The quantitative estimate of drug-likeness (QED) is 0.493. The summed E-state index contributed by atoms with van der Waals surface area (Å²) in [6, 6.07) is 18.9. The largest absolute Gasteiger partial charge is 0.507 e. The number of carbonyl (C=O) groups excluding carboxylic acids is 1. The van der Waals surface area contributed by atoms with Crippen LogP contribution in [0.5, 0.6) is 17.2 Å². The molecular weight excluding hydrogens is 342 g/mol. The van der Waals surface area contributed by atoms with Gasteiger partial charge in [-0.2, -0.15) is 0 Å². The molecule has 4 N–H and O–H groups in total. The zero-order valence-corrected chi connectivity index (χ0v) is 14.7. The van der Waals surface area contributed by atoms with Crippen molar-refractivity contribution in [3.8, 4) is 17.2 Å². The van der Waals surface area contributed by atoms with E-state index in [2.05, 4.69) is 5.32 Å². The Balaban J connectivity index is 1.53. The fourth-order valence-electron chi connectivity index (χ4n) is 2.84. The van der Waals surface area contributed by atoms with Crippen LogP contribution in [0.4, 0.5) is 5.69 Å². The Kier molecular flexibility index (Phi) is 5.61. The maximum absolute atomic E-state index is 12.2. The van der Waals surface area contributed by atoms with Crippen LogP contribution in [0, 0.1) is 0 Å². The van der Waals surface area contributed by atoms with E-state index in [1.165, 1.54) is 12.1 Å². The molecular formula is C22H21NO4. The minimum atomic E-state index is -0.354. The second kappa shape index (κ2) is 8.27. The van der Waals surface area contributed by atoms with E-state index in [1.807, 2.05) is 24.3 Å². The summed E-state index contributed by atoms with van der Waals surface area (Å²) in [7, 11) is 0. The highest BCUT2D eigenvalue weighted by molar-refractivity contribution is 6.06. The number of para-hydroxylation sites is 1. The third-order valence-corrected chi connectivity index (χ3v) is 4.33. The third-order valence-electron chi connectivity index (χ3n) is 4.33. The fraction of sp³-hybridized carbons (Fsp3) is 0.136. The number of hydrogen-bond acceptors (Lipinski definition) is 4. The van der Waals surface area contributed by atoms with Crippen molar-refractivity contribution >= 4 is 11.6 Å². The normalized spacial score (nSPS) is 10.5. The van der Waals surface area contributed by atoms with Crippen LogP contribution in [-0.4, -0.2) is 21.2 Å². The van der Waals surface area contributed by atoms with Gasteiger partial charge >= 0.3 is 0 Å². The van der Waals surface area contributed by atoms with Crippen LogP contribution >= 0.6 is 0 Å². The summed E-state index contributed by atoms with van der Waals surface area (Å²) in [6.07, 6.45) is 2.54. The number of aromatic hydroxyl groups is 3. The first-order chi connectivity index (χ1) is 13.0. The molecule has 3 aromatic carbocycles. The Bertz CT molecular complexity index is 935. The molecule has 0 aliphatic rings. The Morgan fingerprint density at radius 3 is 2.11 bits per heavy atom. The lowest BCUT2D eigenvalue weighted by Gasteiger charge is -2.08. The standard InChI is InChI=1S/C22H21NO4/c24-19-7-2-1-6-18(19)22(27)23-17-11-8-15(9-12-17)4-3-5-16-10-13-20(25)21(26)14-16/h1-2,6-14,24-26H,3-5H2,(H,23,27). The van der Waals surface area contributed by atoms with Gasteiger partial charge in [0, 0.05) is 5.69 Å². The van der Waals surface area contributed by atoms with E-state index in [0.29, 0.717) is 5.69 Å². The van der Waals surface area contributed by atoms with Crippen molar-refractivity contribution in [1.82, 2.24) is 0 Å². The number of anilines is 1. The lowest BCUT2D eigenvalue weighted by Crippen LogP contribution is -2.11. The average Bonchev–Trinajstić information content (AvgIpc) is 2.66. The molecule has 1 amide bonds. The number of aryl methyl sites for hydroxylation is 2. The van der Waals surface area contributed by atoms with E-state index in [9.17, 15) is 20.1 Å². The second-order valence-corrected chi connectivity index (χ2v) is 6.34. The fourth-order valence-corrected chi connectivity index (χ4v) is 2.84. The molecule has 5 heteroatoms. The van der Waals surface area contributed by atoms with E-state index < -0.39 is 0 Å². The lowest BCUT2D eigenvalue weighted by atomic mass is 10.0. The molecule has 0 aromatic heterocycles. The van der Waals surface area contributed by atoms with Gasteiger partial charge in [0.2, 0.25) is 0 Å². The predicted octanol–water partition coefficient (Wildman–Crippen LogP) is 4.23. The second-order valence-electron chi connectivity index (χ2n) is 6.34. The number of phenols is 3. The molecule has 0 bridgehead atoms. The molecule has 27 heavy (non-hydrogen) atoms. The van der Waals surface area contributed by atoms with Crippen molar-refractivity contribution in [2.75, 3.05) is 5.32 Å². The molecule has 0 atom stereocenters. The molecule has 0 fully saturated rings. The smallest absolute Gasteiger partial charge is 0.259 e. The molecule has 0 heterocycles. The summed E-state index contributed by atoms with van der Waals surface area (Å²) >= 11 is 0. The Morgan fingerprint density at radius 2 is 1.41 bits per heavy atom. The van der Waals surface area contributed by atoms with Crippen LogP contribution < -0.4 is 5.32 Å². The van der Waals surface area contributed by atoms with Crippen molar-refractivity contribution in [2.45, 2.75) is 19.3 Å². The van der Waals surface area contributed by atoms with E-state index in [0.717, 1.165) is 30.4 Å². The van der Waals surface area contributed by atoms with Crippen LogP contribution in [0.25, 0.3) is 0 Å². The molecule has 0 spiro atoms. The monoisotopic (exact) mass is 363 g/mol. The van der Waals surface area contributed by atoms with Crippen LogP contribution in [0.1, 0.15) is 27.9 Å². The molecule has 0 saturated carbocycles. The summed E-state index contributed by atoms with van der Waals surface area (Å²) in [4.78, 5) is 12.2. The molecule has 3 aromatic rings. The molecule has 0 aliphatic heterocycles. The van der Waals surface area contributed by atoms with E-state index in [-0.39, 0.29) is 28.7 Å². The van der Waals surface area contributed by atoms with Gasteiger partial charge in [0.1, 0.15) is 5.75 Å². The molecule has 5 nitrogen and oxygen atoms in total. The van der Waals surface area contributed by atoms with Crippen LogP contribution in [0.15, 0.2) is 66.7 Å². The SMILES string of the molecule is O=C(Nc1ccc(CCCc2ccc(O)c(O)c2)cc1)c1ccccc1O. The molecule has 0 saturated heterocycles. The van der Waals surface area contributed by atoms with Crippen molar-refractivity contribution in [3.05, 3.63) is 83.4 Å². The molecule has 3 rings (SSSR count). The maximum Gasteiger partial charge on any atom is 0.259 e. The third kappa shape index (κ3) is 4.79. The summed E-state index contributed by atoms with van der Waals surface area (Å²) in [6.45, 7) is 0. The van der Waals surface area contributed by atoms with Gasteiger partial charge in [-0.05, 0) is 66.8 Å². The van der Waals surface area contributed by atoms with Gasteiger partial charge in [-0.25, -0.2) is 0 Å². The lowest BCUT2D eigenvalue weighted by molar-refractivity contribution is 0.102. The highest BCUT2D eigenvalue weighted by Crippen LogP contribution is 2.25. The van der Waals surface area contributed by atoms with Gasteiger partial charge in [-0.15, -0.1) is 0 Å². The van der Waals surface area contributed by atoms with Crippen LogP contribution in [0.2, 0.25) is 0 Å². The first-order valence-corrected chi connectivity index (χ1v) is 8.72. The summed E-state index contributed by atoms with van der Waals surface area (Å²) in [5.41, 5.74) is 3.00. The van der Waals surface area contributed by atoms with E-state index in [1.54, 1.807) is 30.3 Å². The van der Waals surface area contributed by atoms with Crippen molar-refractivity contribution in [2.24, 2.45) is 0 Å². The number of hydrogen-bond donors (Lipinski definition) is 4. The van der Waals surface area contributed by atoms with E-state index in [4.69, 9.17) is 0 Å². The Labute approximate surface area is 157 Å². The first-order valence-electron chi connectivity index (χ1n) is 8.72. The molecule has 138 valence electrons. The van der Waals surface area contributed by atoms with Gasteiger partial charge in [0.15, 0.2) is 11.5 Å². The van der Waals surface area contributed by atoms with Gasteiger partial charge in [0.25, 0.3) is 5.91 Å². The van der Waals surface area contributed by atoms with Crippen molar-refractivity contribution in [1.29, 1.82) is 0 Å². The van der Waals surface area contributed by atoms with Gasteiger partial charge < -0.3 is 20.6 Å². The van der Waals surface area contributed by atoms with Gasteiger partial charge in [0.05, 0.1) is 5.56 Å². The minimum Gasteiger partial charge on any atom is -0.507 e. The number of benzene rings is 3. The number of carbonyl (C=O) groups is 1. The highest BCUT2D eigenvalue weighted by atomic mass is 16.3. The summed E-state index contributed by atoms with van der Waals surface area (Å²) in [5, 5.41) is 31.4. The van der Waals surface area contributed by atoms with Gasteiger partial charge in [-0.1, -0.05) is 30.3 Å². The minimum absolute atomic E-state index is 0.0492. The van der Waals surface area contributed by atoms with Gasteiger partial charge in [-0.3, -0.25) is 4.79 Å². The summed E-state index contributed by atoms with van der Waals surface area (Å²) < 4.78 is 0. The molecule has 0 aliphatic carbocycles. The van der Waals surface area contributed by atoms with E-state index >= 15 is 0 Å². The molecule has 0 unspecified atom stereocenters. The summed E-state index contributed by atoms with van der Waals surface area (Å²) in [5.74, 6) is -0.614. The number of rotatable bonds is 6. The Morgan fingerprint density at radius 1 is 0.741 bits per heavy atom. The topological polar surface area (TPSA) is 89.8 Å². The average molecular weight is 363 g/mol. The highest BCUT2D eigenvalue weighted by Gasteiger charge is 2.10. The maximum atomic E-state index is 12.2. The first kappa shape index (κ1) is 18.3. The number of amides is 1. The zero-order chi connectivity index (χ0) is 19.2. The number of phenolic OH excluding ortho intramolecular Hbond substituents is 3. The van der Waals surface area contributed by atoms with Crippen molar-refractivity contribution in [3.63, 3.8) is 0 Å². The zero-order valence-electron chi connectivity index (χ0n) is 14.7. The van der Waals surface area contributed by atoms with Crippen LogP contribution in [-0.2, 0) is 12.8 Å². The number of nitrogens with one attached hydrogen (secondary N) is 1. The molecule has 0 radical (unpaired) electrons. The predicted molar refractivity (Wildman–Crippen MR) is 104 cm³/mol. The Hall–Kier alpha value is -3.47.